The van der Waals surface area contributed by atoms with Crippen LogP contribution >= 0.6 is 0 Å². The smallest absolute Gasteiger partial charge is 0.131 e. The topological polar surface area (TPSA) is 38.5 Å². The average molecular weight is 280 g/mol. The SMILES string of the molecule is COc1cccc(F)c1C(C)N1C(C)CCCC1CN. The molecule has 0 radical (unpaired) electrons. The van der Waals surface area contributed by atoms with Gasteiger partial charge in [0.05, 0.1) is 7.11 Å². The van der Waals surface area contributed by atoms with Gasteiger partial charge in [0, 0.05) is 30.2 Å². The molecule has 1 aromatic carbocycles. The van der Waals surface area contributed by atoms with Crippen LogP contribution in [0.3, 0.4) is 0 Å². The van der Waals surface area contributed by atoms with Gasteiger partial charge in [0.2, 0.25) is 0 Å². The summed E-state index contributed by atoms with van der Waals surface area (Å²) >= 11 is 0. The predicted molar refractivity (Wildman–Crippen MR) is 79.4 cm³/mol. The minimum Gasteiger partial charge on any atom is -0.496 e. The standard InChI is InChI=1S/C16H25FN2O/c1-11-6-4-7-13(10-18)19(11)12(2)16-14(17)8-5-9-15(16)20-3/h5,8-9,11-13H,4,6-7,10,18H2,1-3H3. The van der Waals surface area contributed by atoms with E-state index in [9.17, 15) is 4.39 Å². The van der Waals surface area contributed by atoms with Crippen molar-refractivity contribution in [2.75, 3.05) is 13.7 Å². The molecule has 0 saturated carbocycles. The molecule has 3 atom stereocenters. The van der Waals surface area contributed by atoms with Gasteiger partial charge < -0.3 is 10.5 Å². The molecule has 4 heteroatoms. The maximum absolute atomic E-state index is 14.3. The van der Waals surface area contributed by atoms with E-state index in [0.717, 1.165) is 12.8 Å². The first-order chi connectivity index (χ1) is 9.60. The highest BCUT2D eigenvalue weighted by Crippen LogP contribution is 2.37. The Labute approximate surface area is 120 Å². The van der Waals surface area contributed by atoms with E-state index in [1.165, 1.54) is 12.5 Å². The fourth-order valence-corrected chi connectivity index (χ4v) is 3.49. The zero-order valence-corrected chi connectivity index (χ0v) is 12.6. The summed E-state index contributed by atoms with van der Waals surface area (Å²) in [7, 11) is 1.59. The van der Waals surface area contributed by atoms with Crippen molar-refractivity contribution in [1.82, 2.24) is 4.90 Å². The van der Waals surface area contributed by atoms with Crippen LogP contribution in [0.1, 0.15) is 44.7 Å². The Balaban J connectivity index is 2.36. The molecule has 0 bridgehead atoms. The monoisotopic (exact) mass is 280 g/mol. The van der Waals surface area contributed by atoms with Crippen LogP contribution in [0.2, 0.25) is 0 Å². The molecule has 1 fully saturated rings. The predicted octanol–water partition coefficient (Wildman–Crippen LogP) is 3.10. The van der Waals surface area contributed by atoms with E-state index in [1.54, 1.807) is 13.2 Å². The number of nitrogens with two attached hydrogens (primary N) is 1. The molecule has 3 unspecified atom stereocenters. The van der Waals surface area contributed by atoms with E-state index in [0.29, 0.717) is 29.9 Å². The van der Waals surface area contributed by atoms with E-state index in [-0.39, 0.29) is 11.9 Å². The number of rotatable bonds is 4. The zero-order chi connectivity index (χ0) is 14.7. The second kappa shape index (κ2) is 6.55. The van der Waals surface area contributed by atoms with Crippen LogP contribution in [-0.2, 0) is 0 Å². The summed E-state index contributed by atoms with van der Waals surface area (Å²) in [6, 6.07) is 5.70. The van der Waals surface area contributed by atoms with Gasteiger partial charge in [0.1, 0.15) is 11.6 Å². The van der Waals surface area contributed by atoms with Gasteiger partial charge in [-0.05, 0) is 38.8 Å². The number of nitrogens with zero attached hydrogens (tertiary/aromatic N) is 1. The van der Waals surface area contributed by atoms with Gasteiger partial charge in [-0.15, -0.1) is 0 Å². The van der Waals surface area contributed by atoms with E-state index in [1.807, 2.05) is 13.0 Å². The first-order valence-electron chi connectivity index (χ1n) is 7.40. The molecule has 0 spiro atoms. The van der Waals surface area contributed by atoms with Crippen LogP contribution in [-0.4, -0.2) is 30.6 Å². The number of methoxy groups -OCH3 is 1. The molecule has 2 N–H and O–H groups in total. The molecule has 1 aromatic rings. The third kappa shape index (κ3) is 2.81. The number of halogens is 1. The summed E-state index contributed by atoms with van der Waals surface area (Å²) in [5.41, 5.74) is 6.55. The molecule has 20 heavy (non-hydrogen) atoms. The normalized spacial score (nSPS) is 25.4. The van der Waals surface area contributed by atoms with E-state index >= 15 is 0 Å². The molecule has 1 aliphatic rings. The highest BCUT2D eigenvalue weighted by Gasteiger charge is 2.33. The maximum atomic E-state index is 14.3. The highest BCUT2D eigenvalue weighted by atomic mass is 19.1. The van der Waals surface area contributed by atoms with Gasteiger partial charge in [-0.25, -0.2) is 4.39 Å². The van der Waals surface area contributed by atoms with Crippen molar-refractivity contribution in [3.63, 3.8) is 0 Å². The average Bonchev–Trinajstić information content (AvgIpc) is 2.45. The number of piperidine rings is 1. The second-order valence-electron chi connectivity index (χ2n) is 5.65. The third-order valence-corrected chi connectivity index (χ3v) is 4.46. The van der Waals surface area contributed by atoms with Gasteiger partial charge >= 0.3 is 0 Å². The van der Waals surface area contributed by atoms with Crippen molar-refractivity contribution in [2.45, 2.75) is 51.2 Å². The maximum Gasteiger partial charge on any atom is 0.131 e. The van der Waals surface area contributed by atoms with E-state index in [2.05, 4.69) is 11.8 Å². The summed E-state index contributed by atoms with van der Waals surface area (Å²) in [4.78, 5) is 2.35. The Bertz CT molecular complexity index is 452. The van der Waals surface area contributed by atoms with Gasteiger partial charge in [-0.1, -0.05) is 12.5 Å². The summed E-state index contributed by atoms with van der Waals surface area (Å²) < 4.78 is 19.6. The lowest BCUT2D eigenvalue weighted by molar-refractivity contribution is 0.0544. The summed E-state index contributed by atoms with van der Waals surface area (Å²) in [6.07, 6.45) is 3.42. The van der Waals surface area contributed by atoms with Crippen LogP contribution in [0.25, 0.3) is 0 Å². The highest BCUT2D eigenvalue weighted by molar-refractivity contribution is 5.37. The molecule has 112 valence electrons. The number of hydrogen-bond donors (Lipinski definition) is 1. The molecule has 0 amide bonds. The Morgan fingerprint density at radius 1 is 1.45 bits per heavy atom. The van der Waals surface area contributed by atoms with Crippen LogP contribution < -0.4 is 10.5 Å². The van der Waals surface area contributed by atoms with Gasteiger partial charge in [-0.3, -0.25) is 4.90 Å². The Morgan fingerprint density at radius 3 is 2.85 bits per heavy atom. The molecule has 0 aliphatic carbocycles. The minimum absolute atomic E-state index is 0.0324. The Morgan fingerprint density at radius 2 is 2.20 bits per heavy atom. The van der Waals surface area contributed by atoms with E-state index < -0.39 is 0 Å². The van der Waals surface area contributed by atoms with Crippen LogP contribution in [0.15, 0.2) is 18.2 Å². The van der Waals surface area contributed by atoms with Gasteiger partial charge in [-0.2, -0.15) is 0 Å². The fourth-order valence-electron chi connectivity index (χ4n) is 3.49. The molecule has 1 aliphatic heterocycles. The number of hydrogen-bond acceptors (Lipinski definition) is 3. The number of ether oxygens (including phenoxy) is 1. The van der Waals surface area contributed by atoms with Crippen molar-refractivity contribution < 1.29 is 9.13 Å². The summed E-state index contributed by atoms with van der Waals surface area (Å²) in [5.74, 6) is 0.413. The summed E-state index contributed by atoms with van der Waals surface area (Å²) in [5, 5.41) is 0. The van der Waals surface area contributed by atoms with Crippen molar-refractivity contribution in [2.24, 2.45) is 5.73 Å². The fraction of sp³-hybridized carbons (Fsp3) is 0.625. The quantitative estimate of drug-likeness (QED) is 0.921. The van der Waals surface area contributed by atoms with Crippen molar-refractivity contribution in [1.29, 1.82) is 0 Å². The van der Waals surface area contributed by atoms with Crippen LogP contribution in [0.5, 0.6) is 5.75 Å². The van der Waals surface area contributed by atoms with Crippen molar-refractivity contribution in [3.05, 3.63) is 29.6 Å². The molecule has 2 rings (SSSR count). The Hall–Kier alpha value is -1.13. The molecule has 3 nitrogen and oxygen atoms in total. The number of likely N-dealkylation sites (tertiary alicyclic amines) is 1. The third-order valence-electron chi connectivity index (χ3n) is 4.46. The lowest BCUT2D eigenvalue weighted by Crippen LogP contribution is -2.50. The molecular weight excluding hydrogens is 255 g/mol. The Kier molecular flexibility index (Phi) is 5.00. The lowest BCUT2D eigenvalue weighted by atomic mass is 9.92. The largest absolute Gasteiger partial charge is 0.496 e. The molecular formula is C16H25FN2O. The van der Waals surface area contributed by atoms with E-state index in [4.69, 9.17) is 10.5 Å². The number of benzene rings is 1. The first-order valence-corrected chi connectivity index (χ1v) is 7.40. The van der Waals surface area contributed by atoms with Gasteiger partial charge in [0.15, 0.2) is 0 Å². The molecule has 1 heterocycles. The van der Waals surface area contributed by atoms with Gasteiger partial charge in [0.25, 0.3) is 0 Å². The first kappa shape index (κ1) is 15.3. The molecule has 0 aromatic heterocycles. The minimum atomic E-state index is -0.203. The zero-order valence-electron chi connectivity index (χ0n) is 12.6. The van der Waals surface area contributed by atoms with Crippen molar-refractivity contribution in [3.8, 4) is 5.75 Å². The second-order valence-corrected chi connectivity index (χ2v) is 5.65. The lowest BCUT2D eigenvalue weighted by Gasteiger charge is -2.44. The van der Waals surface area contributed by atoms with Crippen LogP contribution in [0.4, 0.5) is 4.39 Å². The summed E-state index contributed by atoms with van der Waals surface area (Å²) in [6.45, 7) is 4.86. The molecule has 1 saturated heterocycles. The van der Waals surface area contributed by atoms with Crippen LogP contribution in [0, 0.1) is 5.82 Å². The van der Waals surface area contributed by atoms with Crippen molar-refractivity contribution >= 4 is 0 Å².